The van der Waals surface area contributed by atoms with Gasteiger partial charge in [0.05, 0.1) is 11.9 Å². The Labute approximate surface area is 207 Å². The van der Waals surface area contributed by atoms with Crippen molar-refractivity contribution < 1.29 is 31.8 Å². The third-order valence-electron chi connectivity index (χ3n) is 6.41. The second-order valence-electron chi connectivity index (χ2n) is 9.38. The molecule has 196 valence electrons. The number of hydrogen-bond acceptors (Lipinski definition) is 8. The number of fused-ring (bicyclic) bond motifs is 1. The number of anilines is 2. The van der Waals surface area contributed by atoms with Crippen LogP contribution in [0.3, 0.4) is 0 Å². The summed E-state index contributed by atoms with van der Waals surface area (Å²) in [6, 6.07) is 4.75. The molecule has 1 amide bonds. The molecule has 3 aromatic heterocycles. The number of hydrogen-bond donors (Lipinski definition) is 3. The molecule has 0 radical (unpaired) electrons. The van der Waals surface area contributed by atoms with Gasteiger partial charge in [-0.3, -0.25) is 9.84 Å². The van der Waals surface area contributed by atoms with Crippen LogP contribution in [-0.2, 0) is 16.1 Å². The van der Waals surface area contributed by atoms with Gasteiger partial charge in [-0.2, -0.15) is 15.5 Å². The minimum Gasteiger partial charge on any atom is -0.443 e. The van der Waals surface area contributed by atoms with Gasteiger partial charge < -0.3 is 15.4 Å². The van der Waals surface area contributed by atoms with E-state index in [1.165, 1.54) is 16.8 Å². The van der Waals surface area contributed by atoms with Crippen LogP contribution in [-0.4, -0.2) is 55.1 Å². The maximum atomic E-state index is 15.1. The quantitative estimate of drug-likeness (QED) is 0.396. The number of rotatable bonds is 7. The highest BCUT2D eigenvalue weighted by atomic mass is 19.4. The molecule has 3 aromatic rings. The Morgan fingerprint density at radius 1 is 1.35 bits per heavy atom. The highest BCUT2D eigenvalue weighted by Crippen LogP contribution is 2.39. The smallest absolute Gasteiger partial charge is 0.443 e. The van der Waals surface area contributed by atoms with E-state index >= 15 is 4.39 Å². The van der Waals surface area contributed by atoms with Crippen molar-refractivity contribution in [1.29, 1.82) is 5.26 Å². The maximum Gasteiger partial charge on any atom is 0.522 e. The van der Waals surface area contributed by atoms with Crippen molar-refractivity contribution in [2.75, 3.05) is 5.32 Å². The van der Waals surface area contributed by atoms with Crippen LogP contribution in [0.25, 0.3) is 5.52 Å². The van der Waals surface area contributed by atoms with Crippen molar-refractivity contribution in [3.8, 4) is 6.07 Å². The largest absolute Gasteiger partial charge is 0.522 e. The summed E-state index contributed by atoms with van der Waals surface area (Å²) in [4.78, 5) is 16.2. The topological polar surface area (TPSA) is 142 Å². The second kappa shape index (κ2) is 9.18. The SMILES string of the molecule is CC1(NC(=O)O[C@@H]2CC[C@H](c3cc(Nc4nc(C#N)cn5nc(COC(F)(F)F)cc45)n[nH]3)[C@@H]2F)CC1. The van der Waals surface area contributed by atoms with Crippen LogP contribution in [0.4, 0.5) is 34.0 Å². The summed E-state index contributed by atoms with van der Waals surface area (Å²) in [5.74, 6) is -0.237. The van der Waals surface area contributed by atoms with Crippen LogP contribution in [0.2, 0.25) is 0 Å². The van der Waals surface area contributed by atoms with Gasteiger partial charge >= 0.3 is 12.5 Å². The molecule has 11 nitrogen and oxygen atoms in total. The lowest BCUT2D eigenvalue weighted by Gasteiger charge is -2.19. The van der Waals surface area contributed by atoms with Gasteiger partial charge in [0.2, 0.25) is 0 Å². The van der Waals surface area contributed by atoms with E-state index in [1.54, 1.807) is 6.07 Å². The number of ether oxygens (including phenoxy) is 2. The van der Waals surface area contributed by atoms with Crippen LogP contribution in [0.5, 0.6) is 0 Å². The molecule has 2 aliphatic rings. The Kier molecular flexibility index (Phi) is 6.14. The first-order valence-corrected chi connectivity index (χ1v) is 11.5. The Balaban J connectivity index is 1.29. The lowest BCUT2D eigenvalue weighted by Crippen LogP contribution is -2.38. The molecule has 3 atom stereocenters. The van der Waals surface area contributed by atoms with Gasteiger partial charge in [-0.1, -0.05) is 0 Å². The van der Waals surface area contributed by atoms with E-state index < -0.39 is 37.3 Å². The molecule has 3 N–H and O–H groups in total. The number of nitrogens with zero attached hydrogens (tertiary/aromatic N) is 5. The molecule has 0 saturated heterocycles. The average Bonchev–Trinajstić information content (AvgIpc) is 3.19. The first-order valence-electron chi connectivity index (χ1n) is 11.5. The summed E-state index contributed by atoms with van der Waals surface area (Å²) in [6.45, 7) is 1.08. The van der Waals surface area contributed by atoms with Gasteiger partial charge in [0.25, 0.3) is 0 Å². The summed E-state index contributed by atoms with van der Waals surface area (Å²) < 4.78 is 62.7. The number of carbonyl (C=O) groups is 1. The fourth-order valence-corrected chi connectivity index (χ4v) is 4.23. The summed E-state index contributed by atoms with van der Waals surface area (Å²) in [6.07, 6.45) is -4.02. The zero-order valence-corrected chi connectivity index (χ0v) is 19.5. The number of nitrogens with one attached hydrogen (secondary N) is 3. The maximum absolute atomic E-state index is 15.1. The number of amides is 1. The van der Waals surface area contributed by atoms with Gasteiger partial charge in [0.15, 0.2) is 17.3 Å². The van der Waals surface area contributed by atoms with Gasteiger partial charge in [-0.25, -0.2) is 18.7 Å². The molecular weight excluding hydrogens is 500 g/mol. The predicted molar refractivity (Wildman–Crippen MR) is 118 cm³/mol. The third-order valence-corrected chi connectivity index (χ3v) is 6.41. The van der Waals surface area contributed by atoms with Gasteiger partial charge in [0, 0.05) is 23.2 Å². The summed E-state index contributed by atoms with van der Waals surface area (Å²) in [5, 5.41) is 25.8. The van der Waals surface area contributed by atoms with E-state index in [4.69, 9.17) is 4.74 Å². The highest BCUT2D eigenvalue weighted by molar-refractivity contribution is 5.73. The molecule has 2 saturated carbocycles. The Hall–Kier alpha value is -3.93. The number of aromatic amines is 1. The molecule has 0 bridgehead atoms. The van der Waals surface area contributed by atoms with Crippen molar-refractivity contribution in [2.24, 2.45) is 0 Å². The fourth-order valence-electron chi connectivity index (χ4n) is 4.23. The number of halogens is 4. The number of carbonyl (C=O) groups excluding carboxylic acids is 1. The number of aromatic nitrogens is 5. The summed E-state index contributed by atoms with van der Waals surface area (Å²) in [7, 11) is 0. The highest BCUT2D eigenvalue weighted by Gasteiger charge is 2.43. The van der Waals surface area contributed by atoms with E-state index in [0.717, 1.165) is 12.8 Å². The number of alkyl halides is 4. The molecule has 2 fully saturated rings. The van der Waals surface area contributed by atoms with Crippen LogP contribution in [0.1, 0.15) is 55.6 Å². The Bertz CT molecular complexity index is 1360. The monoisotopic (exact) mass is 522 g/mol. The zero-order chi connectivity index (χ0) is 26.4. The Morgan fingerprint density at radius 2 is 2.14 bits per heavy atom. The predicted octanol–water partition coefficient (Wildman–Crippen LogP) is 3.97. The molecule has 5 rings (SSSR count). The standard InChI is InChI=1S/C22H22F4N8O3/c1-21(4-5-21)30-20(35)37-16-3-2-13(18(16)23)14-7-17(32-31-14)29-19-15-6-11(10-36-22(24,25)26)33-34(15)9-12(8-27)28-19/h6-7,9,13,16,18H,2-5,10H2,1H3,(H,30,35)(H2,28,29,31,32)/t13-,16-,18+/m1/s1. The summed E-state index contributed by atoms with van der Waals surface area (Å²) in [5.41, 5.74) is 0.398. The average molecular weight is 522 g/mol. The van der Waals surface area contributed by atoms with E-state index in [0.29, 0.717) is 18.5 Å². The van der Waals surface area contributed by atoms with Crippen LogP contribution < -0.4 is 10.6 Å². The molecular formula is C22H22F4N8O3. The van der Waals surface area contributed by atoms with E-state index in [2.05, 4.69) is 35.7 Å². The zero-order valence-electron chi connectivity index (χ0n) is 19.5. The molecule has 2 aliphatic carbocycles. The van der Waals surface area contributed by atoms with E-state index in [-0.39, 0.29) is 34.1 Å². The lowest BCUT2D eigenvalue weighted by atomic mass is 10.0. The molecule has 3 heterocycles. The second-order valence-corrected chi connectivity index (χ2v) is 9.38. The first-order chi connectivity index (χ1) is 17.5. The number of alkyl carbamates (subject to hydrolysis) is 1. The minimum absolute atomic E-state index is 0.0306. The fraction of sp³-hybridized carbons (Fsp3) is 0.500. The molecule has 0 unspecified atom stereocenters. The number of H-pyrrole nitrogens is 1. The molecule has 15 heteroatoms. The van der Waals surface area contributed by atoms with Crippen LogP contribution >= 0.6 is 0 Å². The van der Waals surface area contributed by atoms with Crippen LogP contribution in [0.15, 0.2) is 18.3 Å². The minimum atomic E-state index is -4.82. The lowest BCUT2D eigenvalue weighted by molar-refractivity contribution is -0.330. The first kappa shape index (κ1) is 24.8. The molecule has 0 spiro atoms. The Morgan fingerprint density at radius 3 is 2.84 bits per heavy atom. The van der Waals surface area contributed by atoms with Gasteiger partial charge in [-0.05, 0) is 38.7 Å². The van der Waals surface area contributed by atoms with E-state index in [9.17, 15) is 23.2 Å². The van der Waals surface area contributed by atoms with Crippen molar-refractivity contribution in [2.45, 2.75) is 69.3 Å². The van der Waals surface area contributed by atoms with Crippen molar-refractivity contribution in [3.63, 3.8) is 0 Å². The normalized spacial score (nSPS) is 22.5. The third kappa shape index (κ3) is 5.58. The van der Waals surface area contributed by atoms with Crippen molar-refractivity contribution in [3.05, 3.63) is 35.4 Å². The van der Waals surface area contributed by atoms with Crippen LogP contribution in [0, 0.1) is 11.3 Å². The molecule has 37 heavy (non-hydrogen) atoms. The van der Waals surface area contributed by atoms with Gasteiger partial charge in [0.1, 0.15) is 30.5 Å². The van der Waals surface area contributed by atoms with E-state index in [1.807, 2.05) is 13.0 Å². The van der Waals surface area contributed by atoms with Crippen molar-refractivity contribution >= 4 is 23.2 Å². The summed E-state index contributed by atoms with van der Waals surface area (Å²) >= 11 is 0. The molecule has 0 aliphatic heterocycles. The van der Waals surface area contributed by atoms with Crippen molar-refractivity contribution in [1.82, 2.24) is 30.1 Å². The number of nitriles is 1. The van der Waals surface area contributed by atoms with Gasteiger partial charge in [-0.15, -0.1) is 13.2 Å². The molecule has 0 aromatic carbocycles.